The molecule has 33 heavy (non-hydrogen) atoms. The quantitative estimate of drug-likeness (QED) is 0.596. The van der Waals surface area contributed by atoms with E-state index in [0.29, 0.717) is 23.7 Å². The first-order valence-electron chi connectivity index (χ1n) is 10.9. The highest BCUT2D eigenvalue weighted by molar-refractivity contribution is 5.96. The third-order valence-electron chi connectivity index (χ3n) is 5.61. The number of benzene rings is 2. The number of piperidine rings is 1. The lowest BCUT2D eigenvalue weighted by Crippen LogP contribution is -2.41. The van der Waals surface area contributed by atoms with E-state index in [1.54, 1.807) is 25.3 Å². The van der Waals surface area contributed by atoms with Crippen LogP contribution in [0.3, 0.4) is 0 Å². The molecule has 1 aliphatic heterocycles. The van der Waals surface area contributed by atoms with Gasteiger partial charge in [-0.1, -0.05) is 30.3 Å². The molecule has 1 saturated heterocycles. The van der Waals surface area contributed by atoms with Gasteiger partial charge in [-0.05, 0) is 43.2 Å². The van der Waals surface area contributed by atoms with Crippen molar-refractivity contribution in [3.8, 4) is 17.0 Å². The molecule has 1 atom stereocenters. The molecule has 2 aromatic carbocycles. The van der Waals surface area contributed by atoms with E-state index in [1.807, 2.05) is 42.5 Å². The molecular formula is C25H27N5O3. The van der Waals surface area contributed by atoms with Gasteiger partial charge in [0.1, 0.15) is 5.75 Å². The molecule has 3 aromatic rings. The Balaban J connectivity index is 1.44. The Bertz CT molecular complexity index is 1120. The maximum Gasteiger partial charge on any atom is 0.229 e. The standard InChI is InChI=1S/C25H27N5O3/c1-17(31)26-20-10-12-23(33-2)22(15-20)27-25(32)19-9-6-14-30(16-19)24-13-11-21(28-29-24)18-7-4-3-5-8-18/h3-5,7-8,10-13,15,19H,6,9,14,16H2,1-2H3,(H,26,31)(H,27,32). The van der Waals surface area contributed by atoms with Crippen LogP contribution in [0.25, 0.3) is 11.3 Å². The Kier molecular flexibility index (Phi) is 6.83. The summed E-state index contributed by atoms with van der Waals surface area (Å²) >= 11 is 0. The highest BCUT2D eigenvalue weighted by Gasteiger charge is 2.27. The first-order valence-corrected chi connectivity index (χ1v) is 10.9. The van der Waals surface area contributed by atoms with Crippen molar-refractivity contribution in [3.63, 3.8) is 0 Å². The Morgan fingerprint density at radius 2 is 1.85 bits per heavy atom. The number of rotatable bonds is 6. The highest BCUT2D eigenvalue weighted by Crippen LogP contribution is 2.30. The lowest BCUT2D eigenvalue weighted by Gasteiger charge is -2.32. The van der Waals surface area contributed by atoms with Crippen molar-refractivity contribution in [1.29, 1.82) is 0 Å². The maximum absolute atomic E-state index is 13.1. The molecule has 8 heteroatoms. The van der Waals surface area contributed by atoms with E-state index in [9.17, 15) is 9.59 Å². The van der Waals surface area contributed by atoms with E-state index in [2.05, 4.69) is 25.7 Å². The van der Waals surface area contributed by atoms with Gasteiger partial charge >= 0.3 is 0 Å². The predicted octanol–water partition coefficient (Wildman–Crippen LogP) is 3.97. The Morgan fingerprint density at radius 1 is 1.03 bits per heavy atom. The summed E-state index contributed by atoms with van der Waals surface area (Å²) in [4.78, 5) is 26.5. The fraction of sp³-hybridized carbons (Fsp3) is 0.280. The van der Waals surface area contributed by atoms with Gasteiger partial charge in [0.2, 0.25) is 11.8 Å². The molecule has 1 aliphatic rings. The zero-order valence-corrected chi connectivity index (χ0v) is 18.7. The first kappa shape index (κ1) is 22.3. The number of ether oxygens (including phenoxy) is 1. The van der Waals surface area contributed by atoms with Crippen LogP contribution in [0, 0.1) is 5.92 Å². The number of aromatic nitrogens is 2. The zero-order chi connectivity index (χ0) is 23.2. The van der Waals surface area contributed by atoms with Gasteiger partial charge in [-0.2, -0.15) is 0 Å². The smallest absolute Gasteiger partial charge is 0.229 e. The number of hydrogen-bond acceptors (Lipinski definition) is 6. The lowest BCUT2D eigenvalue weighted by molar-refractivity contribution is -0.120. The van der Waals surface area contributed by atoms with Crippen LogP contribution >= 0.6 is 0 Å². The van der Waals surface area contributed by atoms with Gasteiger partial charge in [-0.15, -0.1) is 10.2 Å². The third kappa shape index (κ3) is 5.46. The Morgan fingerprint density at radius 3 is 2.55 bits per heavy atom. The van der Waals surface area contributed by atoms with Gasteiger partial charge in [-0.3, -0.25) is 9.59 Å². The molecule has 0 aliphatic carbocycles. The van der Waals surface area contributed by atoms with Crippen LogP contribution in [-0.4, -0.2) is 42.2 Å². The molecule has 0 radical (unpaired) electrons. The summed E-state index contributed by atoms with van der Waals surface area (Å²) in [7, 11) is 1.54. The average molecular weight is 446 g/mol. The van der Waals surface area contributed by atoms with Crippen molar-refractivity contribution in [2.75, 3.05) is 35.7 Å². The van der Waals surface area contributed by atoms with Crippen LogP contribution in [0.4, 0.5) is 17.2 Å². The van der Waals surface area contributed by atoms with Crippen LogP contribution < -0.4 is 20.3 Å². The second-order valence-electron chi connectivity index (χ2n) is 8.01. The zero-order valence-electron chi connectivity index (χ0n) is 18.7. The van der Waals surface area contributed by atoms with Crippen molar-refractivity contribution in [2.24, 2.45) is 5.92 Å². The predicted molar refractivity (Wildman–Crippen MR) is 128 cm³/mol. The number of amides is 2. The molecule has 2 heterocycles. The van der Waals surface area contributed by atoms with Gasteiger partial charge in [0.15, 0.2) is 5.82 Å². The molecule has 8 nitrogen and oxygen atoms in total. The van der Waals surface area contributed by atoms with E-state index in [-0.39, 0.29) is 17.7 Å². The molecule has 0 bridgehead atoms. The minimum atomic E-state index is -0.205. The average Bonchev–Trinajstić information content (AvgIpc) is 2.84. The molecule has 1 unspecified atom stereocenters. The number of anilines is 3. The number of carbonyl (C=O) groups is 2. The topological polar surface area (TPSA) is 96.5 Å². The second-order valence-corrected chi connectivity index (χ2v) is 8.01. The Hall–Kier alpha value is -3.94. The lowest BCUT2D eigenvalue weighted by atomic mass is 9.97. The molecule has 2 amide bonds. The SMILES string of the molecule is COc1ccc(NC(C)=O)cc1NC(=O)C1CCCN(c2ccc(-c3ccccc3)nn2)C1. The largest absolute Gasteiger partial charge is 0.495 e. The summed E-state index contributed by atoms with van der Waals surface area (Å²) in [6, 6.07) is 19.0. The van der Waals surface area contributed by atoms with Gasteiger partial charge in [0, 0.05) is 31.3 Å². The van der Waals surface area contributed by atoms with Crippen molar-refractivity contribution in [2.45, 2.75) is 19.8 Å². The van der Waals surface area contributed by atoms with Gasteiger partial charge < -0.3 is 20.3 Å². The van der Waals surface area contributed by atoms with E-state index in [4.69, 9.17) is 4.74 Å². The normalized spacial score (nSPS) is 15.6. The number of carbonyl (C=O) groups excluding carboxylic acids is 2. The number of methoxy groups -OCH3 is 1. The Labute approximate surface area is 193 Å². The molecular weight excluding hydrogens is 418 g/mol. The van der Waals surface area contributed by atoms with Gasteiger partial charge in [0.05, 0.1) is 24.4 Å². The molecule has 0 saturated carbocycles. The monoisotopic (exact) mass is 445 g/mol. The number of nitrogens with zero attached hydrogens (tertiary/aromatic N) is 3. The second kappa shape index (κ2) is 10.1. The summed E-state index contributed by atoms with van der Waals surface area (Å²) in [5.41, 5.74) is 2.95. The molecule has 0 spiro atoms. The minimum Gasteiger partial charge on any atom is -0.495 e. The minimum absolute atomic E-state index is 0.0909. The molecule has 2 N–H and O–H groups in total. The summed E-state index contributed by atoms with van der Waals surface area (Å²) in [6.45, 7) is 2.82. The van der Waals surface area contributed by atoms with Crippen LogP contribution in [0.5, 0.6) is 5.75 Å². The summed E-state index contributed by atoms with van der Waals surface area (Å²) in [5, 5.41) is 14.5. The highest BCUT2D eigenvalue weighted by atomic mass is 16.5. The molecule has 170 valence electrons. The summed E-state index contributed by atoms with van der Waals surface area (Å²) in [5.74, 6) is 0.819. The summed E-state index contributed by atoms with van der Waals surface area (Å²) < 4.78 is 5.38. The fourth-order valence-electron chi connectivity index (χ4n) is 3.98. The number of hydrogen-bond donors (Lipinski definition) is 2. The molecule has 1 fully saturated rings. The van der Waals surface area contributed by atoms with Crippen molar-refractivity contribution in [1.82, 2.24) is 10.2 Å². The van der Waals surface area contributed by atoms with Crippen molar-refractivity contribution >= 4 is 29.0 Å². The fourth-order valence-corrected chi connectivity index (χ4v) is 3.98. The van der Waals surface area contributed by atoms with Gasteiger partial charge in [0.25, 0.3) is 0 Å². The molecule has 1 aromatic heterocycles. The van der Waals surface area contributed by atoms with E-state index in [0.717, 1.165) is 36.5 Å². The van der Waals surface area contributed by atoms with E-state index < -0.39 is 0 Å². The number of nitrogens with one attached hydrogen (secondary N) is 2. The first-order chi connectivity index (χ1) is 16.0. The van der Waals surface area contributed by atoms with E-state index >= 15 is 0 Å². The van der Waals surface area contributed by atoms with Gasteiger partial charge in [-0.25, -0.2) is 0 Å². The summed E-state index contributed by atoms with van der Waals surface area (Å²) in [6.07, 6.45) is 1.66. The van der Waals surface area contributed by atoms with E-state index in [1.165, 1.54) is 6.92 Å². The molecule has 4 rings (SSSR count). The third-order valence-corrected chi connectivity index (χ3v) is 5.61. The van der Waals surface area contributed by atoms with Crippen LogP contribution in [0.2, 0.25) is 0 Å². The van der Waals surface area contributed by atoms with Crippen LogP contribution in [0.15, 0.2) is 60.7 Å². The van der Waals surface area contributed by atoms with Crippen LogP contribution in [-0.2, 0) is 9.59 Å². The van der Waals surface area contributed by atoms with Crippen molar-refractivity contribution < 1.29 is 14.3 Å². The van der Waals surface area contributed by atoms with Crippen molar-refractivity contribution in [3.05, 3.63) is 60.7 Å². The maximum atomic E-state index is 13.1. The van der Waals surface area contributed by atoms with Crippen LogP contribution in [0.1, 0.15) is 19.8 Å².